The number of hydrogen-bond donors (Lipinski definition) is 1. The monoisotopic (exact) mass is 497 g/mol. The number of ketones is 1. The fourth-order valence-corrected chi connectivity index (χ4v) is 3.93. The second-order valence-electron chi connectivity index (χ2n) is 8.59. The Bertz CT molecular complexity index is 1620. The maximum atomic E-state index is 14.1. The number of aromatic nitrogens is 4. The molecule has 4 aromatic rings. The normalized spacial score (nSPS) is 12.2. The van der Waals surface area contributed by atoms with Gasteiger partial charge in [0.25, 0.3) is 11.5 Å². The molecule has 11 heteroatoms. The molecule has 4 rings (SSSR count). The van der Waals surface area contributed by atoms with Crippen LogP contribution in [0.1, 0.15) is 54.3 Å². The fraction of sp³-hybridized carbons (Fsp3) is 0.320. The zero-order valence-electron chi connectivity index (χ0n) is 20.0. The van der Waals surface area contributed by atoms with E-state index in [0.717, 1.165) is 23.2 Å². The zero-order valence-corrected chi connectivity index (χ0v) is 20.0. The number of Topliss-reactive ketones (excluding diaryl/α,β-unsaturated/α-hetero) is 1. The van der Waals surface area contributed by atoms with Crippen LogP contribution >= 0.6 is 0 Å². The minimum Gasteiger partial charge on any atom is -0.350 e. The first-order valence-electron chi connectivity index (χ1n) is 11.6. The second-order valence-corrected chi connectivity index (χ2v) is 8.59. The topological polar surface area (TPSA) is 107 Å². The quantitative estimate of drug-likeness (QED) is 0.377. The number of hydrogen-bond acceptors (Lipinski definition) is 5. The van der Waals surface area contributed by atoms with Crippen molar-refractivity contribution in [1.82, 2.24) is 24.1 Å². The van der Waals surface area contributed by atoms with Crippen LogP contribution in [0.2, 0.25) is 0 Å². The summed E-state index contributed by atoms with van der Waals surface area (Å²) in [4.78, 5) is 52.0. The first-order chi connectivity index (χ1) is 17.2. The number of fused-ring (bicyclic) bond motifs is 3. The number of nitrogens with zero attached hydrogens (tertiary/aromatic N) is 4. The average Bonchev–Trinajstić information content (AvgIpc) is 3.16. The lowest BCUT2D eigenvalue weighted by Gasteiger charge is -2.13. The van der Waals surface area contributed by atoms with E-state index in [4.69, 9.17) is 0 Å². The van der Waals surface area contributed by atoms with E-state index in [1.807, 2.05) is 20.8 Å². The Labute approximate surface area is 204 Å². The zero-order chi connectivity index (χ0) is 26.1. The van der Waals surface area contributed by atoms with Gasteiger partial charge in [0.2, 0.25) is 5.78 Å². The molecule has 188 valence electrons. The van der Waals surface area contributed by atoms with Crippen molar-refractivity contribution < 1.29 is 18.4 Å². The van der Waals surface area contributed by atoms with Crippen molar-refractivity contribution in [2.75, 3.05) is 0 Å². The number of nitrogens with one attached hydrogen (secondary N) is 1. The molecule has 0 radical (unpaired) electrons. The maximum absolute atomic E-state index is 14.1. The largest absolute Gasteiger partial charge is 0.352 e. The lowest BCUT2D eigenvalue weighted by molar-refractivity contribution is 0.0936. The predicted octanol–water partition coefficient (Wildman–Crippen LogP) is 2.91. The molecular weight excluding hydrogens is 472 g/mol. The predicted molar refractivity (Wildman–Crippen MR) is 129 cm³/mol. The Balaban J connectivity index is 1.89. The highest BCUT2D eigenvalue weighted by Gasteiger charge is 2.21. The summed E-state index contributed by atoms with van der Waals surface area (Å²) in [5.41, 5.74) is -1.12. The Kier molecular flexibility index (Phi) is 6.82. The molecule has 0 fully saturated rings. The standard InChI is InChI=1S/C25H25F2N5O4/c1-4-10-30-23(35)18-8-6-15(22(34)28-14(3)5-2)11-20(18)32-24(30)29-31(25(32)36)13-21(33)17-9-7-16(26)12-19(17)27/h6-9,11-12,14H,4-5,10,13H2,1-3H3,(H,28,34). The summed E-state index contributed by atoms with van der Waals surface area (Å²) >= 11 is 0. The SMILES string of the molecule is CCCn1c(=O)c2ccc(C(=O)NC(C)CC)cc2n2c(=O)n(CC(=O)c3ccc(F)cc3F)nc12. The number of amides is 1. The number of carbonyl (C=O) groups excluding carboxylic acids is 2. The Hall–Kier alpha value is -4.15. The number of carbonyl (C=O) groups is 2. The minimum atomic E-state index is -1.05. The van der Waals surface area contributed by atoms with Crippen LogP contribution < -0.4 is 16.6 Å². The van der Waals surface area contributed by atoms with Crippen LogP contribution in [0.4, 0.5) is 8.78 Å². The number of benzene rings is 2. The molecule has 36 heavy (non-hydrogen) atoms. The molecule has 0 saturated carbocycles. The molecular formula is C25H25F2N5O4. The van der Waals surface area contributed by atoms with Crippen LogP contribution in [0.3, 0.4) is 0 Å². The van der Waals surface area contributed by atoms with Crippen molar-refractivity contribution in [1.29, 1.82) is 0 Å². The number of rotatable bonds is 8. The molecule has 1 N–H and O–H groups in total. The molecule has 9 nitrogen and oxygen atoms in total. The van der Waals surface area contributed by atoms with Crippen LogP contribution in [0.15, 0.2) is 46.0 Å². The maximum Gasteiger partial charge on any atom is 0.352 e. The van der Waals surface area contributed by atoms with Crippen LogP contribution in [0.5, 0.6) is 0 Å². The van der Waals surface area contributed by atoms with Crippen molar-refractivity contribution in [3.05, 3.63) is 80.0 Å². The molecule has 1 unspecified atom stereocenters. The van der Waals surface area contributed by atoms with Crippen molar-refractivity contribution in [3.8, 4) is 0 Å². The van der Waals surface area contributed by atoms with Crippen molar-refractivity contribution in [2.24, 2.45) is 0 Å². The van der Waals surface area contributed by atoms with Gasteiger partial charge < -0.3 is 5.32 Å². The van der Waals surface area contributed by atoms with Gasteiger partial charge in [-0.3, -0.25) is 19.0 Å². The van der Waals surface area contributed by atoms with Gasteiger partial charge in [0.1, 0.15) is 18.2 Å². The van der Waals surface area contributed by atoms with Crippen LogP contribution in [0, 0.1) is 11.6 Å². The highest BCUT2D eigenvalue weighted by Crippen LogP contribution is 2.16. The summed E-state index contributed by atoms with van der Waals surface area (Å²) in [5.74, 6) is -3.05. The molecule has 2 aromatic carbocycles. The van der Waals surface area contributed by atoms with E-state index in [1.165, 1.54) is 27.2 Å². The molecule has 1 amide bonds. The molecule has 0 saturated heterocycles. The summed E-state index contributed by atoms with van der Waals surface area (Å²) in [6, 6.07) is 6.89. The van der Waals surface area contributed by atoms with Crippen LogP contribution in [-0.2, 0) is 13.1 Å². The summed E-state index contributed by atoms with van der Waals surface area (Å²) < 4.78 is 30.7. The van der Waals surface area contributed by atoms with E-state index in [1.54, 1.807) is 0 Å². The van der Waals surface area contributed by atoms with Gasteiger partial charge in [-0.2, -0.15) is 0 Å². The summed E-state index contributed by atoms with van der Waals surface area (Å²) in [6.07, 6.45) is 1.29. The Morgan fingerprint density at radius 1 is 1.08 bits per heavy atom. The Morgan fingerprint density at radius 3 is 2.50 bits per heavy atom. The van der Waals surface area contributed by atoms with Gasteiger partial charge in [0, 0.05) is 24.2 Å². The van der Waals surface area contributed by atoms with E-state index < -0.39 is 35.2 Å². The van der Waals surface area contributed by atoms with Gasteiger partial charge in [-0.1, -0.05) is 13.8 Å². The molecule has 0 aliphatic heterocycles. The minimum absolute atomic E-state index is 0.00814. The summed E-state index contributed by atoms with van der Waals surface area (Å²) in [6.45, 7) is 5.27. The van der Waals surface area contributed by atoms with E-state index in [9.17, 15) is 28.0 Å². The third-order valence-electron chi connectivity index (χ3n) is 6.00. The first-order valence-corrected chi connectivity index (χ1v) is 11.6. The summed E-state index contributed by atoms with van der Waals surface area (Å²) in [7, 11) is 0. The smallest absolute Gasteiger partial charge is 0.350 e. The van der Waals surface area contributed by atoms with Crippen molar-refractivity contribution in [3.63, 3.8) is 0 Å². The lowest BCUT2D eigenvalue weighted by atomic mass is 10.1. The fourth-order valence-electron chi connectivity index (χ4n) is 3.93. The first kappa shape index (κ1) is 25.0. The van der Waals surface area contributed by atoms with Crippen LogP contribution in [-0.4, -0.2) is 36.5 Å². The molecule has 0 bridgehead atoms. The highest BCUT2D eigenvalue weighted by atomic mass is 19.1. The lowest BCUT2D eigenvalue weighted by Crippen LogP contribution is -2.32. The van der Waals surface area contributed by atoms with Crippen molar-refractivity contribution in [2.45, 2.75) is 52.7 Å². The molecule has 2 aromatic heterocycles. The molecule has 0 aliphatic carbocycles. The third-order valence-corrected chi connectivity index (χ3v) is 6.00. The van der Waals surface area contributed by atoms with Crippen LogP contribution in [0.25, 0.3) is 16.7 Å². The second kappa shape index (κ2) is 9.84. The van der Waals surface area contributed by atoms with E-state index >= 15 is 0 Å². The van der Waals surface area contributed by atoms with E-state index in [0.29, 0.717) is 12.5 Å². The van der Waals surface area contributed by atoms with Gasteiger partial charge in [-0.05, 0) is 50.1 Å². The van der Waals surface area contributed by atoms with Gasteiger partial charge in [-0.15, -0.1) is 5.10 Å². The Morgan fingerprint density at radius 2 is 1.83 bits per heavy atom. The number of halogens is 2. The van der Waals surface area contributed by atoms with Gasteiger partial charge in [0.15, 0.2) is 5.78 Å². The number of aryl methyl sites for hydroxylation is 1. The average molecular weight is 498 g/mol. The van der Waals surface area contributed by atoms with Gasteiger partial charge >= 0.3 is 5.69 Å². The third kappa shape index (κ3) is 4.43. The van der Waals surface area contributed by atoms with Gasteiger partial charge in [-0.25, -0.2) is 22.7 Å². The highest BCUT2D eigenvalue weighted by molar-refractivity contribution is 5.98. The molecule has 0 aliphatic rings. The van der Waals surface area contributed by atoms with Crippen molar-refractivity contribution >= 4 is 28.4 Å². The van der Waals surface area contributed by atoms with E-state index in [-0.39, 0.29) is 46.3 Å². The van der Waals surface area contributed by atoms with E-state index in [2.05, 4.69) is 10.4 Å². The molecule has 0 spiro atoms. The van der Waals surface area contributed by atoms with Gasteiger partial charge in [0.05, 0.1) is 16.5 Å². The molecule has 2 heterocycles. The molecule has 1 atom stereocenters. The summed E-state index contributed by atoms with van der Waals surface area (Å²) in [5, 5.41) is 7.25.